The molecule has 0 fully saturated rings. The van der Waals surface area contributed by atoms with Crippen molar-refractivity contribution in [3.63, 3.8) is 0 Å². The van der Waals surface area contributed by atoms with Crippen LogP contribution in [0, 0.1) is 0 Å². The smallest absolute Gasteiger partial charge is 0.354 e. The lowest BCUT2D eigenvalue weighted by Crippen LogP contribution is -2.00. The zero-order valence-electron chi connectivity index (χ0n) is 10.8. The Bertz CT molecular complexity index is 593. The maximum atomic E-state index is 10.9. The highest BCUT2D eigenvalue weighted by atomic mass is 16.5. The number of benzene rings is 1. The molecule has 19 heavy (non-hydrogen) atoms. The first-order valence-corrected chi connectivity index (χ1v) is 6.04. The highest BCUT2D eigenvalue weighted by molar-refractivity contribution is 5.85. The first-order valence-electron chi connectivity index (χ1n) is 6.04. The Morgan fingerprint density at radius 1 is 1.26 bits per heavy atom. The lowest BCUT2D eigenvalue weighted by molar-refractivity contribution is 0.0690. The molecule has 1 N–H and O–H groups in total. The summed E-state index contributed by atoms with van der Waals surface area (Å²) in [5.41, 5.74) is 1.05. The van der Waals surface area contributed by atoms with Crippen LogP contribution in [0.4, 0.5) is 0 Å². The van der Waals surface area contributed by atoms with Gasteiger partial charge in [-0.1, -0.05) is 32.0 Å². The summed E-state index contributed by atoms with van der Waals surface area (Å²) < 4.78 is 5.76. The van der Waals surface area contributed by atoms with Crippen molar-refractivity contribution >= 4 is 5.97 Å². The third-order valence-electron chi connectivity index (χ3n) is 2.72. The predicted octanol–water partition coefficient (Wildman–Crippen LogP) is 3.70. The van der Waals surface area contributed by atoms with Crippen molar-refractivity contribution in [3.05, 3.63) is 53.9 Å². The van der Waals surface area contributed by atoms with Gasteiger partial charge in [-0.3, -0.25) is 0 Å². The van der Waals surface area contributed by atoms with Gasteiger partial charge in [0.05, 0.1) is 0 Å². The SMILES string of the molecule is CC(C)c1ccccc1Oc1ccnc(C(=O)O)c1. The molecule has 0 aliphatic carbocycles. The van der Waals surface area contributed by atoms with Crippen molar-refractivity contribution in [1.29, 1.82) is 0 Å². The Balaban J connectivity index is 2.31. The third kappa shape index (κ3) is 3.10. The van der Waals surface area contributed by atoms with Gasteiger partial charge in [-0.2, -0.15) is 0 Å². The maximum Gasteiger partial charge on any atom is 0.354 e. The number of aromatic nitrogens is 1. The standard InChI is InChI=1S/C15H15NO3/c1-10(2)12-5-3-4-6-14(12)19-11-7-8-16-13(9-11)15(17)18/h3-10H,1-2H3,(H,17,18). The molecule has 2 rings (SSSR count). The third-order valence-corrected chi connectivity index (χ3v) is 2.72. The van der Waals surface area contributed by atoms with E-state index in [1.807, 2.05) is 24.3 Å². The molecule has 0 aliphatic rings. The number of carbonyl (C=O) groups is 1. The van der Waals surface area contributed by atoms with Gasteiger partial charge in [0.1, 0.15) is 11.5 Å². The van der Waals surface area contributed by atoms with Crippen LogP contribution >= 0.6 is 0 Å². The number of pyridine rings is 1. The number of ether oxygens (including phenoxy) is 1. The van der Waals surface area contributed by atoms with Crippen LogP contribution in [0.15, 0.2) is 42.6 Å². The zero-order chi connectivity index (χ0) is 13.8. The van der Waals surface area contributed by atoms with E-state index in [1.54, 1.807) is 6.07 Å². The molecule has 1 aromatic heterocycles. The van der Waals surface area contributed by atoms with Crippen molar-refractivity contribution in [3.8, 4) is 11.5 Å². The minimum absolute atomic E-state index is 0.0282. The Morgan fingerprint density at radius 3 is 2.68 bits per heavy atom. The van der Waals surface area contributed by atoms with Gasteiger partial charge in [-0.25, -0.2) is 9.78 Å². The normalized spacial score (nSPS) is 10.5. The highest BCUT2D eigenvalue weighted by Crippen LogP contribution is 2.30. The van der Waals surface area contributed by atoms with Crippen LogP contribution in [-0.4, -0.2) is 16.1 Å². The van der Waals surface area contributed by atoms with E-state index in [0.717, 1.165) is 11.3 Å². The summed E-state index contributed by atoms with van der Waals surface area (Å²) in [6.45, 7) is 4.16. The second kappa shape index (κ2) is 5.52. The Labute approximate surface area is 111 Å². The second-order valence-corrected chi connectivity index (χ2v) is 4.48. The quantitative estimate of drug-likeness (QED) is 0.907. The number of hydrogen-bond donors (Lipinski definition) is 1. The van der Waals surface area contributed by atoms with E-state index < -0.39 is 5.97 Å². The highest BCUT2D eigenvalue weighted by Gasteiger charge is 2.10. The second-order valence-electron chi connectivity index (χ2n) is 4.48. The molecule has 0 spiro atoms. The number of hydrogen-bond acceptors (Lipinski definition) is 3. The minimum Gasteiger partial charge on any atom is -0.477 e. The van der Waals surface area contributed by atoms with Gasteiger partial charge in [-0.15, -0.1) is 0 Å². The maximum absolute atomic E-state index is 10.9. The monoisotopic (exact) mass is 257 g/mol. The van der Waals surface area contributed by atoms with E-state index in [2.05, 4.69) is 18.8 Å². The fourth-order valence-corrected chi connectivity index (χ4v) is 1.77. The van der Waals surface area contributed by atoms with Gasteiger partial charge in [0.2, 0.25) is 0 Å². The molecule has 1 aromatic carbocycles. The molecule has 2 aromatic rings. The van der Waals surface area contributed by atoms with Crippen LogP contribution in [0.3, 0.4) is 0 Å². The molecule has 0 amide bonds. The average molecular weight is 257 g/mol. The average Bonchev–Trinajstić information content (AvgIpc) is 2.39. The summed E-state index contributed by atoms with van der Waals surface area (Å²) in [6.07, 6.45) is 1.43. The minimum atomic E-state index is -1.07. The summed E-state index contributed by atoms with van der Waals surface area (Å²) in [6, 6.07) is 10.8. The fraction of sp³-hybridized carbons (Fsp3) is 0.200. The molecular formula is C15H15NO3. The van der Waals surface area contributed by atoms with E-state index in [1.165, 1.54) is 12.3 Å². The van der Waals surface area contributed by atoms with Gasteiger partial charge >= 0.3 is 5.97 Å². The van der Waals surface area contributed by atoms with E-state index in [4.69, 9.17) is 9.84 Å². The number of carboxylic acid groups (broad SMARTS) is 1. The molecule has 98 valence electrons. The molecule has 0 saturated carbocycles. The van der Waals surface area contributed by atoms with Crippen LogP contribution in [-0.2, 0) is 0 Å². The number of rotatable bonds is 4. The molecule has 1 heterocycles. The zero-order valence-corrected chi connectivity index (χ0v) is 10.8. The first-order chi connectivity index (χ1) is 9.08. The largest absolute Gasteiger partial charge is 0.477 e. The summed E-state index contributed by atoms with van der Waals surface area (Å²) in [5, 5.41) is 8.90. The van der Waals surface area contributed by atoms with Crippen LogP contribution in [0.25, 0.3) is 0 Å². The van der Waals surface area contributed by atoms with Gasteiger partial charge in [0, 0.05) is 12.3 Å². The fourth-order valence-electron chi connectivity index (χ4n) is 1.77. The van der Waals surface area contributed by atoms with Gasteiger partial charge in [-0.05, 0) is 23.6 Å². The topological polar surface area (TPSA) is 59.4 Å². The Hall–Kier alpha value is -2.36. The lowest BCUT2D eigenvalue weighted by atomic mass is 10.0. The van der Waals surface area contributed by atoms with Crippen LogP contribution in [0.2, 0.25) is 0 Å². The summed E-state index contributed by atoms with van der Waals surface area (Å²) in [7, 11) is 0. The van der Waals surface area contributed by atoms with Gasteiger partial charge in [0.25, 0.3) is 0 Å². The molecular weight excluding hydrogens is 242 g/mol. The summed E-state index contributed by atoms with van der Waals surface area (Å²) in [4.78, 5) is 14.6. The van der Waals surface area contributed by atoms with E-state index in [-0.39, 0.29) is 5.69 Å². The van der Waals surface area contributed by atoms with Crippen molar-refractivity contribution in [2.75, 3.05) is 0 Å². The van der Waals surface area contributed by atoms with E-state index in [9.17, 15) is 4.79 Å². The number of aromatic carboxylic acids is 1. The Morgan fingerprint density at radius 2 is 2.00 bits per heavy atom. The molecule has 0 aliphatic heterocycles. The number of para-hydroxylation sites is 1. The van der Waals surface area contributed by atoms with Crippen molar-refractivity contribution in [2.24, 2.45) is 0 Å². The van der Waals surface area contributed by atoms with Crippen molar-refractivity contribution in [1.82, 2.24) is 4.98 Å². The lowest BCUT2D eigenvalue weighted by Gasteiger charge is -2.13. The summed E-state index contributed by atoms with van der Waals surface area (Å²) >= 11 is 0. The van der Waals surface area contributed by atoms with Gasteiger partial charge in [0.15, 0.2) is 5.69 Å². The van der Waals surface area contributed by atoms with Crippen molar-refractivity contribution < 1.29 is 14.6 Å². The Kier molecular flexibility index (Phi) is 3.80. The van der Waals surface area contributed by atoms with Crippen LogP contribution in [0.5, 0.6) is 11.5 Å². The molecule has 4 heteroatoms. The summed E-state index contributed by atoms with van der Waals surface area (Å²) in [5.74, 6) is 0.472. The van der Waals surface area contributed by atoms with E-state index >= 15 is 0 Å². The number of nitrogens with zero attached hydrogens (tertiary/aromatic N) is 1. The molecule has 0 saturated heterocycles. The van der Waals surface area contributed by atoms with Crippen LogP contribution in [0.1, 0.15) is 35.8 Å². The molecule has 0 unspecified atom stereocenters. The van der Waals surface area contributed by atoms with E-state index in [0.29, 0.717) is 11.7 Å². The molecule has 0 atom stereocenters. The predicted molar refractivity (Wildman–Crippen MR) is 71.8 cm³/mol. The van der Waals surface area contributed by atoms with Gasteiger partial charge < -0.3 is 9.84 Å². The number of carboxylic acids is 1. The molecule has 0 radical (unpaired) electrons. The van der Waals surface area contributed by atoms with Crippen molar-refractivity contribution in [2.45, 2.75) is 19.8 Å². The molecule has 0 bridgehead atoms. The molecule has 4 nitrogen and oxygen atoms in total. The van der Waals surface area contributed by atoms with Crippen LogP contribution < -0.4 is 4.74 Å². The first kappa shape index (κ1) is 13.1.